The average molecular weight is 194 g/mol. The van der Waals surface area contributed by atoms with E-state index in [9.17, 15) is 9.59 Å². The third-order valence-electron chi connectivity index (χ3n) is 1.68. The molecule has 0 aliphatic heterocycles. The first-order chi connectivity index (χ1) is 6.50. The summed E-state index contributed by atoms with van der Waals surface area (Å²) in [5.74, 6) is -1.11. The molecule has 5 nitrogen and oxygen atoms in total. The van der Waals surface area contributed by atoms with Crippen molar-refractivity contribution >= 4 is 5.97 Å². The Morgan fingerprint density at radius 3 is 2.86 bits per heavy atom. The Bertz CT molecular complexity index is 434. The van der Waals surface area contributed by atoms with Crippen molar-refractivity contribution < 1.29 is 9.90 Å². The fourth-order valence-corrected chi connectivity index (χ4v) is 0.909. The van der Waals surface area contributed by atoms with Crippen LogP contribution in [0.4, 0.5) is 0 Å². The minimum Gasteiger partial charge on any atom is -0.478 e. The number of hydrogen-bond acceptors (Lipinski definition) is 3. The topological polar surface area (TPSA) is 72.2 Å². The molecule has 0 unspecified atom stereocenters. The molecule has 0 aliphatic rings. The van der Waals surface area contributed by atoms with E-state index in [0.717, 1.165) is 0 Å². The van der Waals surface area contributed by atoms with E-state index in [1.54, 1.807) is 6.92 Å². The minimum atomic E-state index is -1.11. The maximum Gasteiger partial charge on any atom is 0.332 e. The monoisotopic (exact) mass is 194 g/mol. The fraction of sp³-hybridized carbons (Fsp3) is 0.222. The molecule has 0 amide bonds. The summed E-state index contributed by atoms with van der Waals surface area (Å²) in [5, 5.41) is 8.55. The SMILES string of the molecule is C=C(Cn1cnc(C)cc1=O)C(=O)O. The van der Waals surface area contributed by atoms with Gasteiger partial charge in [-0.2, -0.15) is 0 Å². The number of aromatic nitrogens is 2. The number of carboxylic acids is 1. The summed E-state index contributed by atoms with van der Waals surface area (Å²) in [6.07, 6.45) is 1.31. The van der Waals surface area contributed by atoms with Crippen molar-refractivity contribution in [1.29, 1.82) is 0 Å². The molecule has 1 N–H and O–H groups in total. The zero-order valence-electron chi connectivity index (χ0n) is 7.73. The van der Waals surface area contributed by atoms with Crippen LogP contribution in [0.3, 0.4) is 0 Å². The second-order valence-electron chi connectivity index (χ2n) is 2.91. The Hall–Kier alpha value is -1.91. The highest BCUT2D eigenvalue weighted by Gasteiger charge is 2.05. The van der Waals surface area contributed by atoms with E-state index in [0.29, 0.717) is 5.69 Å². The number of rotatable bonds is 3. The van der Waals surface area contributed by atoms with Gasteiger partial charge in [-0.15, -0.1) is 0 Å². The highest BCUT2D eigenvalue weighted by molar-refractivity contribution is 5.85. The van der Waals surface area contributed by atoms with Gasteiger partial charge in [0.05, 0.1) is 12.9 Å². The quantitative estimate of drug-likeness (QED) is 0.697. The molecule has 0 radical (unpaired) electrons. The fourth-order valence-electron chi connectivity index (χ4n) is 0.909. The van der Waals surface area contributed by atoms with Gasteiger partial charge in [0.1, 0.15) is 0 Å². The van der Waals surface area contributed by atoms with Gasteiger partial charge in [0.25, 0.3) is 5.56 Å². The zero-order chi connectivity index (χ0) is 10.7. The van der Waals surface area contributed by atoms with Crippen molar-refractivity contribution in [1.82, 2.24) is 9.55 Å². The zero-order valence-corrected chi connectivity index (χ0v) is 7.73. The van der Waals surface area contributed by atoms with Crippen LogP contribution in [0.25, 0.3) is 0 Å². The van der Waals surface area contributed by atoms with Gasteiger partial charge in [0.15, 0.2) is 0 Å². The van der Waals surface area contributed by atoms with E-state index in [-0.39, 0.29) is 17.7 Å². The lowest BCUT2D eigenvalue weighted by molar-refractivity contribution is -0.132. The van der Waals surface area contributed by atoms with Crippen LogP contribution in [0.2, 0.25) is 0 Å². The van der Waals surface area contributed by atoms with Crippen molar-refractivity contribution in [3.8, 4) is 0 Å². The summed E-state index contributed by atoms with van der Waals surface area (Å²) in [6, 6.07) is 1.34. The van der Waals surface area contributed by atoms with E-state index >= 15 is 0 Å². The summed E-state index contributed by atoms with van der Waals surface area (Å²) in [6.45, 7) is 4.98. The summed E-state index contributed by atoms with van der Waals surface area (Å²) >= 11 is 0. The molecule has 0 bridgehead atoms. The normalized spacial score (nSPS) is 9.79. The molecule has 1 aromatic heterocycles. The van der Waals surface area contributed by atoms with Gasteiger partial charge < -0.3 is 5.11 Å². The predicted octanol–water partition coefficient (Wildman–Crippen LogP) is 0.193. The maximum absolute atomic E-state index is 11.3. The second-order valence-corrected chi connectivity index (χ2v) is 2.91. The standard InChI is InChI=1S/C9H10N2O3/c1-6(9(13)14)4-11-5-10-7(2)3-8(11)12/h3,5H,1,4H2,2H3,(H,13,14). The lowest BCUT2D eigenvalue weighted by atomic mass is 10.3. The van der Waals surface area contributed by atoms with Gasteiger partial charge in [0.2, 0.25) is 0 Å². The van der Waals surface area contributed by atoms with E-state index in [1.807, 2.05) is 0 Å². The van der Waals surface area contributed by atoms with Gasteiger partial charge >= 0.3 is 5.97 Å². The number of nitrogens with zero attached hydrogens (tertiary/aromatic N) is 2. The molecular formula is C9H10N2O3. The van der Waals surface area contributed by atoms with Gasteiger partial charge in [-0.1, -0.05) is 6.58 Å². The lowest BCUT2D eigenvalue weighted by Gasteiger charge is -2.03. The first-order valence-electron chi connectivity index (χ1n) is 3.95. The molecule has 5 heteroatoms. The highest BCUT2D eigenvalue weighted by atomic mass is 16.4. The van der Waals surface area contributed by atoms with Crippen LogP contribution in [0.1, 0.15) is 5.69 Å². The summed E-state index contributed by atoms with van der Waals surface area (Å²) in [7, 11) is 0. The van der Waals surface area contributed by atoms with E-state index < -0.39 is 5.97 Å². The van der Waals surface area contributed by atoms with Gasteiger partial charge in [0, 0.05) is 17.3 Å². The molecule has 1 aromatic rings. The molecule has 0 saturated heterocycles. The molecule has 1 rings (SSSR count). The largest absolute Gasteiger partial charge is 0.478 e. The van der Waals surface area contributed by atoms with Crippen molar-refractivity contribution in [2.24, 2.45) is 0 Å². The van der Waals surface area contributed by atoms with Crippen LogP contribution in [0, 0.1) is 6.92 Å². The van der Waals surface area contributed by atoms with Gasteiger partial charge in [-0.05, 0) is 6.92 Å². The second kappa shape index (κ2) is 3.87. The number of carbonyl (C=O) groups is 1. The number of aliphatic carboxylic acids is 1. The number of aryl methyl sites for hydroxylation is 1. The summed E-state index contributed by atoms with van der Waals surface area (Å²) in [4.78, 5) is 25.6. The predicted molar refractivity (Wildman–Crippen MR) is 50.0 cm³/mol. The molecule has 1 heterocycles. The Labute approximate surface area is 80.3 Å². The summed E-state index contributed by atoms with van der Waals surface area (Å²) in [5.41, 5.74) is 0.282. The smallest absolute Gasteiger partial charge is 0.332 e. The first kappa shape index (κ1) is 10.2. The van der Waals surface area contributed by atoms with Crippen molar-refractivity contribution in [2.75, 3.05) is 0 Å². The van der Waals surface area contributed by atoms with E-state index in [2.05, 4.69) is 11.6 Å². The Morgan fingerprint density at radius 1 is 1.71 bits per heavy atom. The first-order valence-corrected chi connectivity index (χ1v) is 3.95. The van der Waals surface area contributed by atoms with E-state index in [4.69, 9.17) is 5.11 Å². The average Bonchev–Trinajstić information content (AvgIpc) is 2.09. The van der Waals surface area contributed by atoms with Crippen LogP contribution in [-0.4, -0.2) is 20.6 Å². The van der Waals surface area contributed by atoms with Crippen molar-refractivity contribution in [3.63, 3.8) is 0 Å². The maximum atomic E-state index is 11.3. The molecule has 0 aromatic carbocycles. The molecule has 14 heavy (non-hydrogen) atoms. The summed E-state index contributed by atoms with van der Waals surface area (Å²) < 4.78 is 1.20. The molecular weight excluding hydrogens is 184 g/mol. The lowest BCUT2D eigenvalue weighted by Crippen LogP contribution is -2.22. The van der Waals surface area contributed by atoms with Crippen LogP contribution in [0.5, 0.6) is 0 Å². The van der Waals surface area contributed by atoms with Gasteiger partial charge in [-0.25, -0.2) is 9.78 Å². The minimum absolute atomic E-state index is 0.0402. The number of carboxylic acid groups (broad SMARTS) is 1. The van der Waals surface area contributed by atoms with Gasteiger partial charge in [-0.3, -0.25) is 9.36 Å². The van der Waals surface area contributed by atoms with Crippen LogP contribution in [0.15, 0.2) is 29.3 Å². The van der Waals surface area contributed by atoms with Crippen molar-refractivity contribution in [3.05, 3.63) is 40.6 Å². The van der Waals surface area contributed by atoms with Crippen LogP contribution in [-0.2, 0) is 11.3 Å². The van der Waals surface area contributed by atoms with Crippen LogP contribution < -0.4 is 5.56 Å². The Balaban J connectivity index is 2.93. The molecule has 0 saturated carbocycles. The molecule has 0 spiro atoms. The molecule has 0 aliphatic carbocycles. The Morgan fingerprint density at radius 2 is 2.36 bits per heavy atom. The molecule has 74 valence electrons. The van der Waals surface area contributed by atoms with Crippen LogP contribution >= 0.6 is 0 Å². The highest BCUT2D eigenvalue weighted by Crippen LogP contribution is 1.94. The Kier molecular flexibility index (Phi) is 2.81. The van der Waals surface area contributed by atoms with E-state index in [1.165, 1.54) is 17.0 Å². The third kappa shape index (κ3) is 2.29. The molecule has 0 fully saturated rings. The van der Waals surface area contributed by atoms with Crippen molar-refractivity contribution in [2.45, 2.75) is 13.5 Å². The molecule has 0 atom stereocenters. The third-order valence-corrected chi connectivity index (χ3v) is 1.68. The number of hydrogen-bond donors (Lipinski definition) is 1.